The van der Waals surface area contributed by atoms with Gasteiger partial charge in [-0.2, -0.15) is 12.2 Å². The van der Waals surface area contributed by atoms with Crippen molar-refractivity contribution in [2.45, 2.75) is 25.9 Å². The van der Waals surface area contributed by atoms with Crippen molar-refractivity contribution in [1.29, 1.82) is 0 Å². The molecule has 0 saturated heterocycles. The first-order valence-electron chi connectivity index (χ1n) is 4.68. The molecule has 0 unspecified atom stereocenters. The van der Waals surface area contributed by atoms with Crippen LogP contribution in [0.4, 0.5) is 0 Å². The number of halogens is 2. The summed E-state index contributed by atoms with van der Waals surface area (Å²) in [6, 6.07) is 0. The fourth-order valence-electron chi connectivity index (χ4n) is 0.680. The van der Waals surface area contributed by atoms with Gasteiger partial charge in [-0.1, -0.05) is 0 Å². The topological polar surface area (TPSA) is 0 Å². The van der Waals surface area contributed by atoms with Gasteiger partial charge in [0, 0.05) is 0 Å². The molecule has 0 aromatic carbocycles. The first-order valence-corrected chi connectivity index (χ1v) is 9.53. The van der Waals surface area contributed by atoms with E-state index in [-0.39, 0.29) is 40.1 Å². The van der Waals surface area contributed by atoms with Crippen LogP contribution in [0.15, 0.2) is 36.5 Å². The molecular formula is C12H16Br2SiTi-2. The van der Waals surface area contributed by atoms with Crippen LogP contribution in [0.5, 0.6) is 0 Å². The molecule has 0 amide bonds. The number of hydrogen-bond acceptors (Lipinski definition) is 0. The smallest absolute Gasteiger partial charge is 0.109 e. The zero-order valence-electron chi connectivity index (χ0n) is 9.63. The third-order valence-electron chi connectivity index (χ3n) is 1.17. The van der Waals surface area contributed by atoms with Gasteiger partial charge >= 0.3 is 38.5 Å². The van der Waals surface area contributed by atoms with Crippen LogP contribution in [0.1, 0.15) is 12.8 Å². The van der Waals surface area contributed by atoms with Gasteiger partial charge in [-0.15, -0.1) is 12.8 Å². The average molecular weight is 396 g/mol. The van der Waals surface area contributed by atoms with Crippen LogP contribution < -0.4 is 34.0 Å². The van der Waals surface area contributed by atoms with Crippen molar-refractivity contribution in [3.8, 4) is 0 Å². The molecule has 2 aliphatic carbocycles. The monoisotopic (exact) mass is 394 g/mol. The Morgan fingerprint density at radius 2 is 1.25 bits per heavy atom. The molecule has 2 rings (SSSR count). The normalized spacial score (nSPS) is 12.8. The molecule has 0 aromatic heterocycles. The average Bonchev–Trinajstić information content (AvgIpc) is 2.83. The van der Waals surface area contributed by atoms with Crippen LogP contribution in [0.2, 0.25) is 13.1 Å². The van der Waals surface area contributed by atoms with E-state index < -0.39 is 0 Å². The van der Waals surface area contributed by atoms with E-state index in [9.17, 15) is 0 Å². The molecular weight excluding hydrogens is 380 g/mol. The predicted octanol–water partition coefficient (Wildman–Crippen LogP) is -2.60. The Kier molecular flexibility index (Phi) is 25.1. The number of allylic oxidation sites excluding steroid dienone is 8. The van der Waals surface area contributed by atoms with Gasteiger partial charge in [0.05, 0.1) is 0 Å². The maximum atomic E-state index is 2.99. The summed E-state index contributed by atoms with van der Waals surface area (Å²) in [6.07, 6.45) is 20.1. The van der Waals surface area contributed by atoms with Crippen molar-refractivity contribution < 1.29 is 53.1 Å². The van der Waals surface area contributed by atoms with Gasteiger partial charge in [-0.05, 0) is 0 Å². The summed E-state index contributed by atoms with van der Waals surface area (Å²) in [5.41, 5.74) is 0. The van der Waals surface area contributed by atoms with E-state index in [4.69, 9.17) is 0 Å². The van der Waals surface area contributed by atoms with Crippen LogP contribution >= 0.6 is 0 Å². The van der Waals surface area contributed by atoms with Crippen molar-refractivity contribution in [3.63, 3.8) is 0 Å². The Balaban J connectivity index is -0.000000151. The minimum atomic E-state index is 0. The van der Waals surface area contributed by atoms with Crippen LogP contribution in [0.3, 0.4) is 0 Å². The first kappa shape index (κ1) is 22.1. The van der Waals surface area contributed by atoms with Crippen LogP contribution in [0, 0.1) is 12.2 Å². The zero-order valence-corrected chi connectivity index (χ0v) is 15.4. The number of hydrogen-bond donors (Lipinski definition) is 0. The Morgan fingerprint density at radius 1 is 0.938 bits per heavy atom. The van der Waals surface area contributed by atoms with Gasteiger partial charge in [-0.3, -0.25) is 12.2 Å². The molecule has 88 valence electrons. The van der Waals surface area contributed by atoms with E-state index in [0.717, 1.165) is 12.8 Å². The molecule has 2 aliphatic rings. The third-order valence-corrected chi connectivity index (χ3v) is 1.17. The molecule has 0 heterocycles. The Bertz CT molecular complexity index is 222. The summed E-state index contributed by atoms with van der Waals surface area (Å²) in [5, 5.41) is 0. The van der Waals surface area contributed by atoms with Crippen LogP contribution in [-0.4, -0.2) is 6.19 Å². The minimum Gasteiger partial charge on any atom is -1.00 e. The second-order valence-electron chi connectivity index (χ2n) is 3.01. The van der Waals surface area contributed by atoms with E-state index in [1.165, 1.54) is 0 Å². The molecule has 0 aliphatic heterocycles. The molecule has 0 radical (unpaired) electrons. The summed E-state index contributed by atoms with van der Waals surface area (Å²) in [6.45, 7) is 4.54. The van der Waals surface area contributed by atoms with Gasteiger partial charge < -0.3 is 34.0 Å². The van der Waals surface area contributed by atoms with Gasteiger partial charge in [0.1, 0.15) is 0 Å². The summed E-state index contributed by atoms with van der Waals surface area (Å²) < 4.78 is 0. The fourth-order valence-corrected chi connectivity index (χ4v) is 0.680. The first-order chi connectivity index (χ1) is 6.73. The maximum absolute atomic E-state index is 2.99. The molecule has 0 N–H and O–H groups in total. The minimum absolute atomic E-state index is 0. The molecule has 0 bridgehead atoms. The van der Waals surface area contributed by atoms with E-state index >= 15 is 0 Å². The van der Waals surface area contributed by atoms with E-state index in [1.807, 2.05) is 24.3 Å². The molecule has 0 saturated carbocycles. The van der Waals surface area contributed by atoms with Crippen molar-refractivity contribution in [2.24, 2.45) is 0 Å². The van der Waals surface area contributed by atoms with Crippen molar-refractivity contribution in [3.05, 3.63) is 48.6 Å². The Labute approximate surface area is 133 Å². The molecule has 4 heteroatoms. The maximum Gasteiger partial charge on any atom is -0.109 e. The Morgan fingerprint density at radius 3 is 1.31 bits per heavy atom. The van der Waals surface area contributed by atoms with Gasteiger partial charge in [0.15, 0.2) is 0 Å². The van der Waals surface area contributed by atoms with Gasteiger partial charge in [0.25, 0.3) is 0 Å². The quantitative estimate of drug-likeness (QED) is 0.312. The summed E-state index contributed by atoms with van der Waals surface area (Å²) in [4.78, 5) is 0. The molecule has 0 fully saturated rings. The van der Waals surface area contributed by atoms with Crippen LogP contribution in [0.25, 0.3) is 0 Å². The molecule has 16 heavy (non-hydrogen) atoms. The third kappa shape index (κ3) is 24.2. The zero-order chi connectivity index (χ0) is 10.6. The molecule has 0 nitrogen and oxygen atoms in total. The van der Waals surface area contributed by atoms with E-state index in [2.05, 4.69) is 56.6 Å². The Hall–Kier alpha value is 0.851. The molecule has 0 atom stereocenters. The summed E-state index contributed by atoms with van der Waals surface area (Å²) >= 11 is 2.27. The molecule has 0 aromatic rings. The van der Waals surface area contributed by atoms with Crippen molar-refractivity contribution in [2.75, 3.05) is 0 Å². The SMILES string of the molecule is C[Si](C)=[Ti+2].[Br-].[Br-].[C-]1=CC=CC1.[C-]1=CC=CC1. The van der Waals surface area contributed by atoms with Gasteiger partial charge in [-0.25, -0.2) is 24.3 Å². The fraction of sp³-hybridized carbons (Fsp3) is 0.333. The van der Waals surface area contributed by atoms with Gasteiger partial charge in [0.2, 0.25) is 0 Å². The van der Waals surface area contributed by atoms with E-state index in [0.29, 0.717) is 0 Å². The summed E-state index contributed by atoms with van der Waals surface area (Å²) in [5.74, 6) is 0. The van der Waals surface area contributed by atoms with E-state index in [1.54, 1.807) is 0 Å². The predicted molar refractivity (Wildman–Crippen MR) is 60.6 cm³/mol. The second-order valence-corrected chi connectivity index (χ2v) is 9.69. The van der Waals surface area contributed by atoms with Crippen molar-refractivity contribution >= 4 is 6.19 Å². The number of rotatable bonds is 0. The molecule has 0 spiro atoms. The van der Waals surface area contributed by atoms with Crippen molar-refractivity contribution in [1.82, 2.24) is 0 Å². The summed E-state index contributed by atoms with van der Waals surface area (Å²) in [7, 11) is 0. The van der Waals surface area contributed by atoms with Crippen LogP contribution in [-0.2, 0) is 19.2 Å². The largest absolute Gasteiger partial charge is 1.00 e. The standard InChI is InChI=1S/2C5H5.C2H6Si.2BrH.Ti/c2*1-2-4-5-3-1;1-3-2;;;/h2*1-3H,4H2;1-2H3;2*1H;/q2*-1;;;;+2/p-2. The second kappa shape index (κ2) is 18.2.